The molecule has 0 radical (unpaired) electrons. The second-order valence-electron chi connectivity index (χ2n) is 10.2. The van der Waals surface area contributed by atoms with Crippen molar-refractivity contribution in [3.63, 3.8) is 0 Å². The summed E-state index contributed by atoms with van der Waals surface area (Å²) < 4.78 is 5.51. The van der Waals surface area contributed by atoms with Crippen molar-refractivity contribution >= 4 is 22.8 Å². The number of aromatic amines is 1. The van der Waals surface area contributed by atoms with E-state index in [1.807, 2.05) is 0 Å². The summed E-state index contributed by atoms with van der Waals surface area (Å²) in [4.78, 5) is 29.5. The average molecular weight is 490 g/mol. The summed E-state index contributed by atoms with van der Waals surface area (Å²) >= 11 is 0. The highest BCUT2D eigenvalue weighted by Crippen LogP contribution is 2.38. The summed E-state index contributed by atoms with van der Waals surface area (Å²) in [5.74, 6) is 0.732. The number of H-pyrrole nitrogens is 1. The molecule has 1 aromatic carbocycles. The molecule has 1 amide bonds. The Labute approximate surface area is 211 Å². The fraction of sp³-hybridized carbons (Fsp3) is 0.519. The van der Waals surface area contributed by atoms with Crippen LogP contribution in [0.5, 0.6) is 0 Å². The first kappa shape index (κ1) is 23.4. The minimum Gasteiger partial charge on any atom is -0.378 e. The Hall–Kier alpha value is -3.01. The number of nitrogens with two attached hydrogens (primary N) is 1. The van der Waals surface area contributed by atoms with Crippen molar-refractivity contribution in [1.82, 2.24) is 25.2 Å². The predicted octanol–water partition coefficient (Wildman–Crippen LogP) is 2.45. The maximum absolute atomic E-state index is 12.0. The van der Waals surface area contributed by atoms with Crippen LogP contribution in [0.4, 0.5) is 5.82 Å². The van der Waals surface area contributed by atoms with Gasteiger partial charge in [-0.15, -0.1) is 0 Å². The smallest absolute Gasteiger partial charge is 0.220 e. The number of nitrogens with zero attached hydrogens (tertiary/aromatic N) is 4. The van der Waals surface area contributed by atoms with E-state index < -0.39 is 0 Å². The van der Waals surface area contributed by atoms with Gasteiger partial charge in [-0.05, 0) is 62.5 Å². The fourth-order valence-corrected chi connectivity index (χ4v) is 6.14. The number of nitrogens with one attached hydrogen (secondary N) is 2. The Morgan fingerprint density at radius 2 is 1.81 bits per heavy atom. The maximum atomic E-state index is 12.0. The second-order valence-corrected chi connectivity index (χ2v) is 10.2. The normalized spacial score (nSPS) is 24.3. The zero-order valence-electron chi connectivity index (χ0n) is 20.7. The third kappa shape index (κ3) is 4.58. The molecule has 2 atom stereocenters. The molecule has 2 unspecified atom stereocenters. The van der Waals surface area contributed by atoms with Crippen molar-refractivity contribution in [3.05, 3.63) is 42.2 Å². The summed E-state index contributed by atoms with van der Waals surface area (Å²) in [5.41, 5.74) is 9.99. The first-order valence-electron chi connectivity index (χ1n) is 13.2. The standard InChI is InChI=1S/C27H35N7O2/c28-25(35)20-7-10-34(21-5-8-29-9-6-21)24(15-20)19-3-1-18(2-4-19)23-16-22-26(32-23)30-17-31-27(22)33-11-13-36-14-12-33/h1-4,16-17,20-21,24,29H,5-15H2,(H2,28,35)(H,30,31,32). The molecule has 0 spiro atoms. The molecular formula is C27H35N7O2. The quantitative estimate of drug-likeness (QED) is 0.505. The van der Waals surface area contributed by atoms with E-state index in [1.165, 1.54) is 5.56 Å². The summed E-state index contributed by atoms with van der Waals surface area (Å²) in [6.07, 6.45) is 5.58. The number of carbonyl (C=O) groups is 1. The van der Waals surface area contributed by atoms with Gasteiger partial charge in [0.05, 0.1) is 18.6 Å². The Bertz CT molecular complexity index is 1200. The SMILES string of the molecule is NC(=O)C1CCN(C2CCNCC2)C(c2ccc(-c3cc4c(N5CCOCC5)ncnc4[nH]3)cc2)C1. The number of hydrogen-bond donors (Lipinski definition) is 3. The molecule has 9 heteroatoms. The number of anilines is 1. The number of carbonyl (C=O) groups excluding carboxylic acids is 1. The van der Waals surface area contributed by atoms with E-state index in [0.29, 0.717) is 6.04 Å². The van der Waals surface area contributed by atoms with E-state index in [-0.39, 0.29) is 17.9 Å². The molecule has 3 aliphatic heterocycles. The molecule has 3 aromatic rings. The van der Waals surface area contributed by atoms with Crippen molar-refractivity contribution < 1.29 is 9.53 Å². The van der Waals surface area contributed by atoms with Crippen LogP contribution in [0.3, 0.4) is 0 Å². The van der Waals surface area contributed by atoms with E-state index in [1.54, 1.807) is 6.33 Å². The van der Waals surface area contributed by atoms with E-state index in [2.05, 4.69) is 60.4 Å². The number of morpholine rings is 1. The Kier molecular flexibility index (Phi) is 6.60. The zero-order valence-corrected chi connectivity index (χ0v) is 20.7. The van der Waals surface area contributed by atoms with Crippen LogP contribution >= 0.6 is 0 Å². The van der Waals surface area contributed by atoms with Crippen LogP contribution in [-0.2, 0) is 9.53 Å². The van der Waals surface area contributed by atoms with Gasteiger partial charge in [-0.2, -0.15) is 0 Å². The number of amides is 1. The van der Waals surface area contributed by atoms with Gasteiger partial charge in [0, 0.05) is 36.8 Å². The van der Waals surface area contributed by atoms with Crippen molar-refractivity contribution in [1.29, 1.82) is 0 Å². The van der Waals surface area contributed by atoms with Crippen LogP contribution in [0.25, 0.3) is 22.3 Å². The van der Waals surface area contributed by atoms with Gasteiger partial charge in [-0.25, -0.2) is 9.97 Å². The molecule has 0 saturated carbocycles. The first-order chi connectivity index (χ1) is 17.7. The topological polar surface area (TPSA) is 112 Å². The molecule has 2 aromatic heterocycles. The monoisotopic (exact) mass is 489 g/mol. The Morgan fingerprint density at radius 3 is 2.56 bits per heavy atom. The van der Waals surface area contributed by atoms with Gasteiger partial charge in [-0.1, -0.05) is 24.3 Å². The first-order valence-corrected chi connectivity index (χ1v) is 13.2. The van der Waals surface area contributed by atoms with Crippen LogP contribution in [0.2, 0.25) is 0 Å². The van der Waals surface area contributed by atoms with E-state index >= 15 is 0 Å². The lowest BCUT2D eigenvalue weighted by atomic mass is 9.84. The lowest BCUT2D eigenvalue weighted by Gasteiger charge is -2.45. The van der Waals surface area contributed by atoms with E-state index in [0.717, 1.165) is 99.7 Å². The molecule has 9 nitrogen and oxygen atoms in total. The van der Waals surface area contributed by atoms with E-state index in [9.17, 15) is 4.79 Å². The van der Waals surface area contributed by atoms with Gasteiger partial charge in [-0.3, -0.25) is 9.69 Å². The van der Waals surface area contributed by atoms with Gasteiger partial charge in [0.15, 0.2) is 0 Å². The number of likely N-dealkylation sites (tertiary alicyclic amines) is 1. The van der Waals surface area contributed by atoms with Crippen LogP contribution in [-0.4, -0.2) is 77.7 Å². The lowest BCUT2D eigenvalue weighted by molar-refractivity contribution is -0.124. The molecule has 3 fully saturated rings. The van der Waals surface area contributed by atoms with Gasteiger partial charge < -0.3 is 25.7 Å². The molecule has 4 N–H and O–H groups in total. The van der Waals surface area contributed by atoms with Gasteiger partial charge in [0.1, 0.15) is 17.8 Å². The van der Waals surface area contributed by atoms with Gasteiger partial charge in [0.25, 0.3) is 0 Å². The molecule has 36 heavy (non-hydrogen) atoms. The number of ether oxygens (including phenoxy) is 1. The molecule has 190 valence electrons. The van der Waals surface area contributed by atoms with E-state index in [4.69, 9.17) is 10.5 Å². The molecule has 6 rings (SSSR count). The molecule has 3 aliphatic rings. The largest absolute Gasteiger partial charge is 0.378 e. The van der Waals surface area contributed by atoms with Crippen LogP contribution in [0.1, 0.15) is 37.3 Å². The molecular weight excluding hydrogens is 454 g/mol. The summed E-state index contributed by atoms with van der Waals surface area (Å²) in [7, 11) is 0. The lowest BCUT2D eigenvalue weighted by Crippen LogP contribution is -2.49. The number of hydrogen-bond acceptors (Lipinski definition) is 7. The third-order valence-corrected chi connectivity index (χ3v) is 8.15. The van der Waals surface area contributed by atoms with Crippen LogP contribution in [0, 0.1) is 5.92 Å². The molecule has 0 bridgehead atoms. The highest BCUT2D eigenvalue weighted by molar-refractivity contribution is 5.92. The Morgan fingerprint density at radius 1 is 1.03 bits per heavy atom. The Balaban J connectivity index is 1.27. The zero-order chi connectivity index (χ0) is 24.5. The fourth-order valence-electron chi connectivity index (χ4n) is 6.14. The minimum atomic E-state index is -0.170. The van der Waals surface area contributed by atoms with Crippen LogP contribution < -0.4 is 16.0 Å². The highest BCUT2D eigenvalue weighted by Gasteiger charge is 2.36. The summed E-state index contributed by atoms with van der Waals surface area (Å²) in [6.45, 7) is 6.15. The molecule has 0 aliphatic carbocycles. The summed E-state index contributed by atoms with van der Waals surface area (Å²) in [5, 5.41) is 4.51. The van der Waals surface area contributed by atoms with Gasteiger partial charge in [0.2, 0.25) is 5.91 Å². The van der Waals surface area contributed by atoms with Crippen molar-refractivity contribution in [2.45, 2.75) is 37.8 Å². The molecule has 3 saturated heterocycles. The van der Waals surface area contributed by atoms with Crippen molar-refractivity contribution in [2.75, 3.05) is 50.8 Å². The number of primary amides is 1. The van der Waals surface area contributed by atoms with Gasteiger partial charge >= 0.3 is 0 Å². The number of aromatic nitrogens is 3. The average Bonchev–Trinajstić information content (AvgIpc) is 3.38. The number of rotatable bonds is 5. The maximum Gasteiger partial charge on any atom is 0.220 e. The second kappa shape index (κ2) is 10.2. The third-order valence-electron chi connectivity index (χ3n) is 8.15. The van der Waals surface area contributed by atoms with Crippen LogP contribution in [0.15, 0.2) is 36.7 Å². The number of fused-ring (bicyclic) bond motifs is 1. The van der Waals surface area contributed by atoms with Crippen molar-refractivity contribution in [2.24, 2.45) is 11.7 Å². The highest BCUT2D eigenvalue weighted by atomic mass is 16.5. The number of benzene rings is 1. The molecule has 5 heterocycles. The summed E-state index contributed by atoms with van der Waals surface area (Å²) in [6, 6.07) is 11.7. The minimum absolute atomic E-state index is 0.0569. The predicted molar refractivity (Wildman–Crippen MR) is 140 cm³/mol. The van der Waals surface area contributed by atoms with Crippen molar-refractivity contribution in [3.8, 4) is 11.3 Å². The number of piperidine rings is 2.